The van der Waals surface area contributed by atoms with E-state index in [1.807, 2.05) is 29.6 Å². The predicted molar refractivity (Wildman–Crippen MR) is 87.1 cm³/mol. The number of hydrogen-bond donors (Lipinski definition) is 1. The molecule has 0 aromatic carbocycles. The lowest BCUT2D eigenvalue weighted by Crippen LogP contribution is -2.34. The third-order valence-corrected chi connectivity index (χ3v) is 4.60. The van der Waals surface area contributed by atoms with Gasteiger partial charge in [0.1, 0.15) is 5.82 Å². The first-order chi connectivity index (χ1) is 10.2. The predicted octanol–water partition coefficient (Wildman–Crippen LogP) is 3.63. The monoisotopic (exact) mass is 301 g/mol. The molecule has 1 saturated heterocycles. The summed E-state index contributed by atoms with van der Waals surface area (Å²) in [6, 6.07) is 7.60. The summed E-state index contributed by atoms with van der Waals surface area (Å²) in [5, 5.41) is 4.77. The third kappa shape index (κ3) is 3.42. The number of carbonyl (C=O) groups excluding carboxylic acids is 1. The Balaban J connectivity index is 1.65. The molecule has 0 aliphatic carbocycles. The average Bonchev–Trinajstić information content (AvgIpc) is 3.02. The summed E-state index contributed by atoms with van der Waals surface area (Å²) in [4.78, 5) is 19.5. The smallest absolute Gasteiger partial charge is 0.265 e. The lowest BCUT2D eigenvalue weighted by atomic mass is 10.0. The van der Waals surface area contributed by atoms with Crippen molar-refractivity contribution in [1.29, 1.82) is 0 Å². The first-order valence-electron chi connectivity index (χ1n) is 7.28. The fourth-order valence-electron chi connectivity index (χ4n) is 2.64. The van der Waals surface area contributed by atoms with E-state index in [2.05, 4.69) is 22.1 Å². The molecule has 1 unspecified atom stereocenters. The van der Waals surface area contributed by atoms with Gasteiger partial charge in [0.2, 0.25) is 0 Å². The summed E-state index contributed by atoms with van der Waals surface area (Å²) >= 11 is 1.44. The molecular formula is C16H19N3OS. The Labute approximate surface area is 128 Å². The van der Waals surface area contributed by atoms with Crippen LogP contribution in [0.1, 0.15) is 29.4 Å². The molecule has 1 N–H and O–H groups in total. The summed E-state index contributed by atoms with van der Waals surface area (Å²) in [5.41, 5.74) is 0.738. The third-order valence-electron chi connectivity index (χ3n) is 3.73. The highest BCUT2D eigenvalue weighted by Gasteiger charge is 2.17. The Kier molecular flexibility index (Phi) is 4.20. The average molecular weight is 301 g/mol. The van der Waals surface area contributed by atoms with Crippen LogP contribution >= 0.6 is 11.3 Å². The number of pyridine rings is 1. The van der Waals surface area contributed by atoms with E-state index in [0.29, 0.717) is 4.88 Å². The quantitative estimate of drug-likeness (QED) is 0.941. The van der Waals surface area contributed by atoms with E-state index in [9.17, 15) is 4.79 Å². The van der Waals surface area contributed by atoms with Gasteiger partial charge in [0.05, 0.1) is 16.8 Å². The van der Waals surface area contributed by atoms with Gasteiger partial charge in [-0.25, -0.2) is 4.98 Å². The van der Waals surface area contributed by atoms with Crippen LogP contribution in [0.5, 0.6) is 0 Å². The van der Waals surface area contributed by atoms with Gasteiger partial charge in [0.25, 0.3) is 5.91 Å². The number of amides is 1. The fourth-order valence-corrected chi connectivity index (χ4v) is 3.26. The Morgan fingerprint density at radius 3 is 3.00 bits per heavy atom. The van der Waals surface area contributed by atoms with E-state index < -0.39 is 0 Å². The lowest BCUT2D eigenvalue weighted by molar-refractivity contribution is 0.103. The molecule has 1 aliphatic rings. The van der Waals surface area contributed by atoms with E-state index in [-0.39, 0.29) is 5.91 Å². The maximum absolute atomic E-state index is 12.0. The van der Waals surface area contributed by atoms with Crippen molar-refractivity contribution >= 4 is 28.7 Å². The molecule has 0 spiro atoms. The van der Waals surface area contributed by atoms with Crippen molar-refractivity contribution in [2.75, 3.05) is 23.3 Å². The van der Waals surface area contributed by atoms with Crippen LogP contribution in [-0.4, -0.2) is 24.0 Å². The van der Waals surface area contributed by atoms with Crippen LogP contribution in [0.4, 0.5) is 11.5 Å². The van der Waals surface area contributed by atoms with Gasteiger partial charge in [-0.3, -0.25) is 4.79 Å². The number of piperidine rings is 1. The van der Waals surface area contributed by atoms with Gasteiger partial charge in [-0.05, 0) is 42.3 Å². The van der Waals surface area contributed by atoms with Gasteiger partial charge < -0.3 is 10.2 Å². The first kappa shape index (κ1) is 14.1. The number of anilines is 2. The van der Waals surface area contributed by atoms with E-state index in [0.717, 1.165) is 30.5 Å². The maximum Gasteiger partial charge on any atom is 0.265 e. The summed E-state index contributed by atoms with van der Waals surface area (Å²) in [6.45, 7) is 4.41. The molecular weight excluding hydrogens is 282 g/mol. The van der Waals surface area contributed by atoms with Gasteiger partial charge in [0, 0.05) is 13.1 Å². The van der Waals surface area contributed by atoms with Crippen molar-refractivity contribution < 1.29 is 4.79 Å². The van der Waals surface area contributed by atoms with Gasteiger partial charge in [0.15, 0.2) is 0 Å². The van der Waals surface area contributed by atoms with Crippen LogP contribution in [0.3, 0.4) is 0 Å². The van der Waals surface area contributed by atoms with Crippen molar-refractivity contribution in [3.63, 3.8) is 0 Å². The molecule has 110 valence electrons. The summed E-state index contributed by atoms with van der Waals surface area (Å²) in [6.07, 6.45) is 4.26. The Morgan fingerprint density at radius 2 is 2.33 bits per heavy atom. The topological polar surface area (TPSA) is 45.2 Å². The van der Waals surface area contributed by atoms with Crippen LogP contribution in [0.15, 0.2) is 35.8 Å². The van der Waals surface area contributed by atoms with Crippen LogP contribution in [0, 0.1) is 5.92 Å². The van der Waals surface area contributed by atoms with Crippen LogP contribution in [-0.2, 0) is 0 Å². The highest BCUT2D eigenvalue weighted by molar-refractivity contribution is 7.12. The zero-order chi connectivity index (χ0) is 14.7. The van der Waals surface area contributed by atoms with E-state index in [1.165, 1.54) is 24.2 Å². The lowest BCUT2D eigenvalue weighted by Gasteiger charge is -2.31. The van der Waals surface area contributed by atoms with Crippen LogP contribution < -0.4 is 10.2 Å². The first-order valence-corrected chi connectivity index (χ1v) is 8.16. The fraction of sp³-hybridized carbons (Fsp3) is 0.375. The van der Waals surface area contributed by atoms with Gasteiger partial charge in [-0.15, -0.1) is 11.3 Å². The van der Waals surface area contributed by atoms with E-state index in [4.69, 9.17) is 0 Å². The van der Waals surface area contributed by atoms with Crippen LogP contribution in [0.2, 0.25) is 0 Å². The Bertz CT molecular complexity index is 594. The van der Waals surface area contributed by atoms with Crippen molar-refractivity contribution in [2.24, 2.45) is 5.92 Å². The SMILES string of the molecule is CC1CCCN(c2ccc(NC(=O)c3cccs3)cn2)C1. The normalized spacial score (nSPS) is 18.5. The number of nitrogens with one attached hydrogen (secondary N) is 1. The molecule has 2 aromatic heterocycles. The van der Waals surface area contributed by atoms with E-state index in [1.54, 1.807) is 6.20 Å². The van der Waals surface area contributed by atoms with Crippen molar-refractivity contribution in [1.82, 2.24) is 4.98 Å². The Morgan fingerprint density at radius 1 is 1.43 bits per heavy atom. The molecule has 3 rings (SSSR count). The molecule has 21 heavy (non-hydrogen) atoms. The maximum atomic E-state index is 12.0. The second-order valence-corrected chi connectivity index (χ2v) is 6.48. The van der Waals surface area contributed by atoms with E-state index >= 15 is 0 Å². The summed E-state index contributed by atoms with van der Waals surface area (Å²) in [5.74, 6) is 1.64. The molecule has 1 atom stereocenters. The molecule has 1 aliphatic heterocycles. The number of thiophene rings is 1. The van der Waals surface area contributed by atoms with Gasteiger partial charge in [-0.2, -0.15) is 0 Å². The van der Waals surface area contributed by atoms with Gasteiger partial charge in [-0.1, -0.05) is 13.0 Å². The molecule has 4 nitrogen and oxygen atoms in total. The highest BCUT2D eigenvalue weighted by atomic mass is 32.1. The van der Waals surface area contributed by atoms with Crippen LogP contribution in [0.25, 0.3) is 0 Å². The molecule has 1 amide bonds. The largest absolute Gasteiger partial charge is 0.356 e. The number of nitrogens with zero attached hydrogens (tertiary/aromatic N) is 2. The molecule has 0 radical (unpaired) electrons. The second-order valence-electron chi connectivity index (χ2n) is 5.53. The molecule has 0 bridgehead atoms. The molecule has 3 heterocycles. The van der Waals surface area contributed by atoms with Crippen molar-refractivity contribution in [2.45, 2.75) is 19.8 Å². The minimum absolute atomic E-state index is 0.0776. The number of hydrogen-bond acceptors (Lipinski definition) is 4. The number of aromatic nitrogens is 1. The summed E-state index contributed by atoms with van der Waals surface area (Å²) in [7, 11) is 0. The van der Waals surface area contributed by atoms with Crippen molar-refractivity contribution in [3.05, 3.63) is 40.7 Å². The highest BCUT2D eigenvalue weighted by Crippen LogP contribution is 2.22. The summed E-state index contributed by atoms with van der Waals surface area (Å²) < 4.78 is 0. The standard InChI is InChI=1S/C16H19N3OS/c1-12-4-2-8-19(11-12)15-7-6-13(10-17-15)18-16(20)14-5-3-9-21-14/h3,5-7,9-10,12H,2,4,8,11H2,1H3,(H,18,20). The number of rotatable bonds is 3. The molecule has 5 heteroatoms. The zero-order valence-electron chi connectivity index (χ0n) is 12.1. The Hall–Kier alpha value is -1.88. The minimum Gasteiger partial charge on any atom is -0.356 e. The molecule has 1 fully saturated rings. The molecule has 2 aromatic rings. The zero-order valence-corrected chi connectivity index (χ0v) is 12.9. The second kappa shape index (κ2) is 6.26. The molecule has 0 saturated carbocycles. The van der Waals surface area contributed by atoms with Gasteiger partial charge >= 0.3 is 0 Å². The minimum atomic E-state index is -0.0776. The van der Waals surface area contributed by atoms with Crippen molar-refractivity contribution in [3.8, 4) is 0 Å². The number of carbonyl (C=O) groups is 1.